The Balaban J connectivity index is 1.85. The number of carbonyl (C=O) groups excluding carboxylic acids is 1. The molecule has 3 rings (SSSR count). The number of benzene rings is 2. The SMILES string of the molecule is Cc1c(Cl)cccc1NC(=O)Cc1coc2ccc(C(C)(C)C)cc12. The smallest absolute Gasteiger partial charge is 0.228 e. The summed E-state index contributed by atoms with van der Waals surface area (Å²) in [6.45, 7) is 8.40. The van der Waals surface area contributed by atoms with Crippen LogP contribution in [-0.4, -0.2) is 5.91 Å². The van der Waals surface area contributed by atoms with E-state index in [9.17, 15) is 4.79 Å². The average Bonchev–Trinajstić information content (AvgIpc) is 2.93. The Morgan fingerprint density at radius 3 is 2.68 bits per heavy atom. The van der Waals surface area contributed by atoms with Gasteiger partial charge in [-0.3, -0.25) is 4.79 Å². The minimum atomic E-state index is -0.0887. The summed E-state index contributed by atoms with van der Waals surface area (Å²) < 4.78 is 5.61. The molecule has 3 aromatic rings. The third kappa shape index (κ3) is 3.72. The quantitative estimate of drug-likeness (QED) is 0.638. The van der Waals surface area contributed by atoms with Crippen LogP contribution in [0, 0.1) is 6.92 Å². The highest BCUT2D eigenvalue weighted by atomic mass is 35.5. The molecule has 1 N–H and O–H groups in total. The van der Waals surface area contributed by atoms with E-state index in [2.05, 4.69) is 38.2 Å². The van der Waals surface area contributed by atoms with Crippen molar-refractivity contribution in [3.63, 3.8) is 0 Å². The van der Waals surface area contributed by atoms with Gasteiger partial charge >= 0.3 is 0 Å². The molecule has 0 bridgehead atoms. The van der Waals surface area contributed by atoms with Crippen molar-refractivity contribution in [1.82, 2.24) is 0 Å². The molecule has 0 saturated carbocycles. The average molecular weight is 356 g/mol. The molecular formula is C21H22ClNO2. The predicted octanol–water partition coefficient (Wildman–Crippen LogP) is 5.87. The van der Waals surface area contributed by atoms with Gasteiger partial charge in [0, 0.05) is 21.7 Å². The van der Waals surface area contributed by atoms with Gasteiger partial charge in [0.1, 0.15) is 5.58 Å². The molecule has 25 heavy (non-hydrogen) atoms. The van der Waals surface area contributed by atoms with Crippen LogP contribution in [-0.2, 0) is 16.6 Å². The van der Waals surface area contributed by atoms with Crippen LogP contribution in [0.5, 0.6) is 0 Å². The fourth-order valence-corrected chi connectivity index (χ4v) is 2.97. The summed E-state index contributed by atoms with van der Waals surface area (Å²) in [7, 11) is 0. The Bertz CT molecular complexity index is 935. The highest BCUT2D eigenvalue weighted by Crippen LogP contribution is 2.29. The summed E-state index contributed by atoms with van der Waals surface area (Å²) in [6.07, 6.45) is 1.92. The molecule has 4 heteroatoms. The molecule has 0 radical (unpaired) electrons. The Kier molecular flexibility index (Phi) is 4.61. The normalized spacial score (nSPS) is 11.7. The maximum Gasteiger partial charge on any atom is 0.228 e. The lowest BCUT2D eigenvalue weighted by Crippen LogP contribution is -2.15. The van der Waals surface area contributed by atoms with Gasteiger partial charge in [0.05, 0.1) is 12.7 Å². The van der Waals surface area contributed by atoms with Crippen molar-refractivity contribution in [2.45, 2.75) is 39.5 Å². The maximum absolute atomic E-state index is 12.5. The van der Waals surface area contributed by atoms with E-state index in [-0.39, 0.29) is 17.7 Å². The molecule has 1 amide bonds. The van der Waals surface area contributed by atoms with Crippen LogP contribution in [0.1, 0.15) is 37.5 Å². The summed E-state index contributed by atoms with van der Waals surface area (Å²) in [5.74, 6) is -0.0887. The zero-order valence-electron chi connectivity index (χ0n) is 14.9. The molecular weight excluding hydrogens is 334 g/mol. The number of amides is 1. The van der Waals surface area contributed by atoms with Crippen molar-refractivity contribution in [3.8, 4) is 0 Å². The number of rotatable bonds is 3. The third-order valence-corrected chi connectivity index (χ3v) is 4.82. The second kappa shape index (κ2) is 6.57. The summed E-state index contributed by atoms with van der Waals surface area (Å²) in [6, 6.07) is 11.7. The zero-order valence-corrected chi connectivity index (χ0v) is 15.7. The van der Waals surface area contributed by atoms with E-state index in [1.807, 2.05) is 31.2 Å². The van der Waals surface area contributed by atoms with Crippen molar-refractivity contribution < 1.29 is 9.21 Å². The van der Waals surface area contributed by atoms with Gasteiger partial charge in [-0.2, -0.15) is 0 Å². The molecule has 0 fully saturated rings. The number of hydrogen-bond donors (Lipinski definition) is 1. The lowest BCUT2D eigenvalue weighted by atomic mass is 9.86. The van der Waals surface area contributed by atoms with Crippen molar-refractivity contribution in [1.29, 1.82) is 0 Å². The summed E-state index contributed by atoms with van der Waals surface area (Å²) in [4.78, 5) is 12.5. The monoisotopic (exact) mass is 355 g/mol. The van der Waals surface area contributed by atoms with Crippen LogP contribution in [0.4, 0.5) is 5.69 Å². The Morgan fingerprint density at radius 1 is 1.20 bits per heavy atom. The van der Waals surface area contributed by atoms with E-state index in [0.717, 1.165) is 27.8 Å². The maximum atomic E-state index is 12.5. The molecule has 0 unspecified atom stereocenters. The van der Waals surface area contributed by atoms with Gasteiger partial charge in [-0.1, -0.05) is 44.5 Å². The predicted molar refractivity (Wildman–Crippen MR) is 103 cm³/mol. The minimum Gasteiger partial charge on any atom is -0.464 e. The Hall–Kier alpha value is -2.26. The van der Waals surface area contributed by atoms with Crippen LogP contribution in [0.25, 0.3) is 11.0 Å². The minimum absolute atomic E-state index is 0.0445. The highest BCUT2D eigenvalue weighted by Gasteiger charge is 2.17. The summed E-state index contributed by atoms with van der Waals surface area (Å²) in [5.41, 5.74) is 4.55. The van der Waals surface area contributed by atoms with Gasteiger partial charge < -0.3 is 9.73 Å². The highest BCUT2D eigenvalue weighted by molar-refractivity contribution is 6.31. The Labute approximate surface area is 153 Å². The van der Waals surface area contributed by atoms with Crippen molar-refractivity contribution in [2.75, 3.05) is 5.32 Å². The third-order valence-electron chi connectivity index (χ3n) is 4.41. The standard InChI is InChI=1S/C21H22ClNO2/c1-13-17(22)6-5-7-18(13)23-20(24)10-14-12-25-19-9-8-15(11-16(14)19)21(2,3)4/h5-9,11-12H,10H2,1-4H3,(H,23,24). The van der Waals surface area contributed by atoms with Gasteiger partial charge in [-0.25, -0.2) is 0 Å². The first kappa shape index (κ1) is 17.6. The van der Waals surface area contributed by atoms with Gasteiger partial charge in [0.2, 0.25) is 5.91 Å². The molecule has 0 atom stereocenters. The fourth-order valence-electron chi connectivity index (χ4n) is 2.80. The van der Waals surface area contributed by atoms with Gasteiger partial charge in [0.25, 0.3) is 0 Å². The lowest BCUT2D eigenvalue weighted by Gasteiger charge is -2.18. The number of halogens is 1. The van der Waals surface area contributed by atoms with Crippen LogP contribution in [0.3, 0.4) is 0 Å². The van der Waals surface area contributed by atoms with Crippen LogP contribution < -0.4 is 5.32 Å². The topological polar surface area (TPSA) is 42.2 Å². The number of nitrogens with one attached hydrogen (secondary N) is 1. The molecule has 1 heterocycles. The number of carbonyl (C=O) groups is 1. The van der Waals surface area contributed by atoms with Crippen molar-refractivity contribution in [2.24, 2.45) is 0 Å². The fraction of sp³-hybridized carbons (Fsp3) is 0.286. The molecule has 130 valence electrons. The number of fused-ring (bicyclic) bond motifs is 1. The molecule has 0 saturated heterocycles. The first-order chi connectivity index (χ1) is 11.8. The summed E-state index contributed by atoms with van der Waals surface area (Å²) in [5, 5.41) is 4.57. The second-order valence-electron chi connectivity index (χ2n) is 7.36. The van der Waals surface area contributed by atoms with Crippen LogP contribution in [0.15, 0.2) is 47.1 Å². The first-order valence-electron chi connectivity index (χ1n) is 8.31. The number of furan rings is 1. The molecule has 1 aromatic heterocycles. The van der Waals surface area contributed by atoms with Crippen molar-refractivity contribution >= 4 is 34.2 Å². The van der Waals surface area contributed by atoms with Crippen molar-refractivity contribution in [3.05, 3.63) is 64.4 Å². The van der Waals surface area contributed by atoms with Gasteiger partial charge in [0.15, 0.2) is 0 Å². The largest absolute Gasteiger partial charge is 0.464 e. The number of anilines is 1. The van der Waals surface area contributed by atoms with E-state index >= 15 is 0 Å². The van der Waals surface area contributed by atoms with Crippen LogP contribution in [0.2, 0.25) is 5.02 Å². The second-order valence-corrected chi connectivity index (χ2v) is 7.77. The van der Waals surface area contributed by atoms with E-state index in [0.29, 0.717) is 5.02 Å². The first-order valence-corrected chi connectivity index (χ1v) is 8.69. The van der Waals surface area contributed by atoms with Gasteiger partial charge in [-0.05, 0) is 47.7 Å². The van der Waals surface area contributed by atoms with E-state index in [1.165, 1.54) is 5.56 Å². The van der Waals surface area contributed by atoms with E-state index < -0.39 is 0 Å². The van der Waals surface area contributed by atoms with Crippen LogP contribution >= 0.6 is 11.6 Å². The molecule has 0 aliphatic heterocycles. The lowest BCUT2D eigenvalue weighted by molar-refractivity contribution is -0.115. The summed E-state index contributed by atoms with van der Waals surface area (Å²) >= 11 is 6.11. The molecule has 2 aromatic carbocycles. The molecule has 0 aliphatic carbocycles. The number of hydrogen-bond acceptors (Lipinski definition) is 2. The molecule has 3 nitrogen and oxygen atoms in total. The molecule has 0 spiro atoms. The molecule has 0 aliphatic rings. The van der Waals surface area contributed by atoms with E-state index in [4.69, 9.17) is 16.0 Å². The van der Waals surface area contributed by atoms with E-state index in [1.54, 1.807) is 6.26 Å². The zero-order chi connectivity index (χ0) is 18.2. The Morgan fingerprint density at radius 2 is 1.96 bits per heavy atom. The van der Waals surface area contributed by atoms with Gasteiger partial charge in [-0.15, -0.1) is 0 Å².